The van der Waals surface area contributed by atoms with Crippen molar-refractivity contribution in [1.29, 1.82) is 0 Å². The molecule has 0 saturated carbocycles. The third-order valence-corrected chi connectivity index (χ3v) is 25.2. The molecule has 0 aromatic heterocycles. The first kappa shape index (κ1) is 143. The van der Waals surface area contributed by atoms with Crippen molar-refractivity contribution in [3.05, 3.63) is 35.9 Å². The number of ketones is 12. The molecule has 5 atom stereocenters. The van der Waals surface area contributed by atoms with E-state index in [1.54, 1.807) is 65.2 Å². The first-order chi connectivity index (χ1) is 64.7. The highest BCUT2D eigenvalue weighted by atomic mass is 31.2. The van der Waals surface area contributed by atoms with E-state index >= 15 is 0 Å². The molecule has 28 nitrogen and oxygen atoms in total. The lowest BCUT2D eigenvalue weighted by atomic mass is 9.84. The molecule has 0 heterocycles. The van der Waals surface area contributed by atoms with Crippen LogP contribution in [0.2, 0.25) is 0 Å². The van der Waals surface area contributed by atoms with Crippen LogP contribution < -0.4 is 37.2 Å². The molecule has 0 aliphatic heterocycles. The van der Waals surface area contributed by atoms with Crippen LogP contribution in [-0.4, -0.2) is 239 Å². The van der Waals surface area contributed by atoms with Gasteiger partial charge in [0.2, 0.25) is 17.7 Å². The van der Waals surface area contributed by atoms with Gasteiger partial charge in [0.1, 0.15) is 46.6 Å². The number of allylic oxidation sites excluding steroid dienone is 1. The highest BCUT2D eigenvalue weighted by molar-refractivity contribution is 7.53. The summed E-state index contributed by atoms with van der Waals surface area (Å²) in [5, 5.41) is 22.1. The zero-order valence-electron chi connectivity index (χ0n) is 96.5. The standard InChI is InChI=1S/C23H41NO4.C22H42N2O3.C21H38N2O4.C18H27NO.C14H29N2O5P.C14H30N2O/c1-14(2)21(26)12-9-18(22(27)15(3)4)13-19(25)10-11-20(24-17(7)8)23(28)16(5)6;1-15(2)20(25)13-24(14-21(26)16(3)4)19(22(27)17(5)6)11-9-10-12-23-18(7)8;1-14(2)18(24)11-22(12-19(25)15(3)4)9-10-23(21(27)17(7)8)13-20(26)16(5)6;1-11(2)14(7)15-8-16(18(20)12(3)4)10-17(9-15)19-13(5)6;1-9(2)13(17)15-7-12(8-16-14(18)10(3)4)21-22(19,20)11(5)6;1-10(2)14(17)13(16-12(5)6)8-7-9-15-11(3)4/h14-18,20,24H,9-13H2,1-8H3;15-19,23H,9-14H2,1-8H3;14-17H,9-13H2,1-8H3;8-13,19H,7H2,1-6H3;9-12H,7-8H2,1-6H3,(H,15,17)(H,16,18)(H,19,20);10-13,15-16H,7-9H2,1-6H3/t;;;;;13-/m.....0/s1. The van der Waals surface area contributed by atoms with Crippen LogP contribution in [0.15, 0.2) is 24.8 Å². The molecule has 0 aliphatic carbocycles. The smallest absolute Gasteiger partial charge is 0.330 e. The van der Waals surface area contributed by atoms with E-state index in [0.717, 1.165) is 61.2 Å². The summed E-state index contributed by atoms with van der Waals surface area (Å²) < 4.78 is 17.2. The number of rotatable bonds is 67. The van der Waals surface area contributed by atoms with Crippen molar-refractivity contribution in [1.82, 2.24) is 46.6 Å². The van der Waals surface area contributed by atoms with Crippen molar-refractivity contribution >= 4 is 106 Å². The van der Waals surface area contributed by atoms with Crippen molar-refractivity contribution in [2.24, 2.45) is 94.7 Å². The van der Waals surface area contributed by atoms with Crippen LogP contribution in [-0.2, 0) is 76.2 Å². The van der Waals surface area contributed by atoms with Crippen molar-refractivity contribution < 1.29 is 85.9 Å². The molecule has 0 radical (unpaired) electrons. The van der Waals surface area contributed by atoms with Gasteiger partial charge in [0, 0.05) is 176 Å². The molecule has 1 aromatic carbocycles. The molecule has 0 fully saturated rings. The van der Waals surface area contributed by atoms with Gasteiger partial charge in [-0.1, -0.05) is 290 Å². The molecule has 1 aromatic rings. The van der Waals surface area contributed by atoms with E-state index in [2.05, 4.69) is 119 Å². The Kier molecular flexibility index (Phi) is 76.6. The van der Waals surface area contributed by atoms with Crippen molar-refractivity contribution in [3.63, 3.8) is 0 Å². The van der Waals surface area contributed by atoms with Crippen molar-refractivity contribution in [3.8, 4) is 0 Å². The fourth-order valence-electron chi connectivity index (χ4n) is 13.5. The van der Waals surface area contributed by atoms with Gasteiger partial charge in [-0.05, 0) is 101 Å². The number of carbonyl (C=O) groups excluding carboxylic acids is 15. The van der Waals surface area contributed by atoms with E-state index < -0.39 is 25.3 Å². The molecule has 8 N–H and O–H groups in total. The second kappa shape index (κ2) is 75.8. The van der Waals surface area contributed by atoms with Gasteiger partial charge in [0.15, 0.2) is 28.9 Å². The van der Waals surface area contributed by atoms with Gasteiger partial charge >= 0.3 is 7.60 Å². The number of hydrogen-bond donors (Lipinski definition) is 8. The number of unbranched alkanes of at least 4 members (excludes halogenated alkanes) is 1. The third kappa shape index (κ3) is 67.5. The normalized spacial score (nSPS) is 13.1. The number of nitrogens with zero attached hydrogens (tertiary/aromatic N) is 3. The third-order valence-electron chi connectivity index (χ3n) is 23.3. The highest BCUT2D eigenvalue weighted by Crippen LogP contribution is 2.48. The minimum atomic E-state index is -3.79. The SMILES string of the molecule is C=C(c1cc(NC(C)C)cc(C(=O)C(C)C)c1)C(C)C.CC(C)C(=O)CN(CCN(CC(=O)C(C)C)C(=O)C(C)C)CC(=O)C(C)C.CC(C)C(=O)NCC(CNC(=O)C(C)C)OP(=O)(O)C(C)C.CC(C)NC(CCC(=O)CC(CCC(=O)C(C)C)C(=O)C(C)C)C(=O)C(C)C.CC(C)NCCCCC(C(=O)C(C)C)N(CC(=O)C(C)C)CC(=O)C(C)C.CC(C)NCCC[C@H](NC(C)C)C(=O)C(C)C. The Morgan fingerprint density at radius 2 is 0.759 bits per heavy atom. The topological polar surface area (TPSA) is 397 Å². The molecule has 0 aliphatic rings. The number of anilines is 1. The van der Waals surface area contributed by atoms with Crippen LogP contribution in [0.5, 0.6) is 0 Å². The Labute approximate surface area is 856 Å². The molecule has 0 bridgehead atoms. The summed E-state index contributed by atoms with van der Waals surface area (Å²) in [4.78, 5) is 199. The molecule has 29 heteroatoms. The van der Waals surface area contributed by atoms with Gasteiger partial charge in [-0.25, -0.2) is 0 Å². The Hall–Kier alpha value is -6.88. The van der Waals surface area contributed by atoms with E-state index in [0.29, 0.717) is 74.6 Å². The number of carbonyl (C=O) groups is 15. The van der Waals surface area contributed by atoms with Crippen LogP contribution >= 0.6 is 7.60 Å². The zero-order chi connectivity index (χ0) is 111. The predicted octanol–water partition coefficient (Wildman–Crippen LogP) is 19.0. The van der Waals surface area contributed by atoms with E-state index in [1.807, 2.05) is 183 Å². The van der Waals surface area contributed by atoms with Gasteiger partial charge in [-0.3, -0.25) is 86.3 Å². The molecular formula is C112H207N10O18P. The van der Waals surface area contributed by atoms with E-state index in [1.165, 1.54) is 0 Å². The zero-order valence-corrected chi connectivity index (χ0v) is 97.4. The monoisotopic (exact) mass is 2010 g/mol. The van der Waals surface area contributed by atoms with Gasteiger partial charge in [0.25, 0.3) is 0 Å². The van der Waals surface area contributed by atoms with Crippen LogP contribution in [0.4, 0.5) is 5.69 Å². The fourth-order valence-corrected chi connectivity index (χ4v) is 14.3. The number of nitrogens with one attached hydrogen (secondary N) is 7. The molecule has 818 valence electrons. The molecule has 0 saturated heterocycles. The average molecular weight is 2010 g/mol. The van der Waals surface area contributed by atoms with Gasteiger partial charge in [-0.15, -0.1) is 0 Å². The van der Waals surface area contributed by atoms with Gasteiger partial charge < -0.3 is 51.5 Å². The summed E-state index contributed by atoms with van der Waals surface area (Å²) in [6.07, 6.45) is 5.40. The summed E-state index contributed by atoms with van der Waals surface area (Å²) in [5.74, 6) is -0.806. The Bertz CT molecular complexity index is 3820. The lowest BCUT2D eigenvalue weighted by molar-refractivity contribution is -0.139. The second-order valence-corrected chi connectivity index (χ2v) is 47.0. The van der Waals surface area contributed by atoms with E-state index in [4.69, 9.17) is 4.52 Å². The van der Waals surface area contributed by atoms with Crippen LogP contribution in [0.1, 0.15) is 371 Å². The van der Waals surface area contributed by atoms with E-state index in [-0.39, 0.29) is 247 Å². The van der Waals surface area contributed by atoms with Crippen LogP contribution in [0, 0.1) is 94.7 Å². The summed E-state index contributed by atoms with van der Waals surface area (Å²) in [7, 11) is -3.79. The largest absolute Gasteiger partial charge is 0.383 e. The molecule has 4 unspecified atom stereocenters. The van der Waals surface area contributed by atoms with Gasteiger partial charge in [-0.2, -0.15) is 0 Å². The Balaban J connectivity index is -0.000000529. The molecule has 141 heavy (non-hydrogen) atoms. The first-order valence-electron chi connectivity index (χ1n) is 53.0. The minimum Gasteiger partial charge on any atom is -0.383 e. The first-order valence-corrected chi connectivity index (χ1v) is 54.7. The Morgan fingerprint density at radius 1 is 0.369 bits per heavy atom. The predicted molar refractivity (Wildman–Crippen MR) is 581 cm³/mol. The molecule has 1 rings (SSSR count). The molecular weight excluding hydrogens is 1800 g/mol. The summed E-state index contributed by atoms with van der Waals surface area (Å²) >= 11 is 0. The maximum absolute atomic E-state index is 12.9. The summed E-state index contributed by atoms with van der Waals surface area (Å²) in [5.41, 5.74) is 3.31. The average Bonchev–Trinajstić information content (AvgIpc) is 0.820. The number of amides is 3. The quantitative estimate of drug-likeness (QED) is 0.0171. The lowest BCUT2D eigenvalue weighted by Gasteiger charge is -2.32. The molecule has 0 spiro atoms. The fraction of sp³-hybridized carbons (Fsp3) is 0.795. The number of Topliss-reactive ketones (excluding diaryl/α,β-unsaturated/α-hetero) is 12. The van der Waals surface area contributed by atoms with Crippen LogP contribution in [0.3, 0.4) is 0 Å². The summed E-state index contributed by atoms with van der Waals surface area (Å²) in [6, 6.07) is 7.12. The summed E-state index contributed by atoms with van der Waals surface area (Å²) in [6.45, 7) is 87.6. The maximum Gasteiger partial charge on any atom is 0.330 e. The highest BCUT2D eigenvalue weighted by Gasteiger charge is 2.35. The maximum atomic E-state index is 12.9. The molecule has 3 amide bonds. The van der Waals surface area contributed by atoms with Crippen molar-refractivity contribution in [2.45, 2.75) is 415 Å². The Morgan fingerprint density at radius 3 is 1.11 bits per heavy atom. The minimum absolute atomic E-state index is 0.00413. The van der Waals surface area contributed by atoms with Crippen molar-refractivity contribution in [2.75, 3.05) is 77.3 Å². The van der Waals surface area contributed by atoms with Crippen LogP contribution in [0.25, 0.3) is 5.57 Å². The van der Waals surface area contributed by atoms with E-state index in [9.17, 15) is 81.4 Å². The lowest BCUT2D eigenvalue weighted by Crippen LogP contribution is -2.49. The second-order valence-electron chi connectivity index (χ2n) is 44.6. The van der Waals surface area contributed by atoms with Gasteiger partial charge in [0.05, 0.1) is 56.5 Å². The number of hydrogen-bond acceptors (Lipinski definition) is 24. The number of benzene rings is 1.